The number of carbonyl (C=O) groups excluding carboxylic acids is 3. The molecule has 1 aliphatic heterocycles. The lowest BCUT2D eigenvalue weighted by atomic mass is 10.0. The lowest BCUT2D eigenvalue weighted by Crippen LogP contribution is -2.68. The summed E-state index contributed by atoms with van der Waals surface area (Å²) in [5, 5.41) is 2.72. The molecule has 0 aromatic rings. The van der Waals surface area contributed by atoms with E-state index in [0.29, 0.717) is 11.3 Å². The molecule has 7 nitrogen and oxygen atoms in total. The Hall–Kier alpha value is -1.96. The number of methoxy groups -OCH3 is 2. The molecule has 23 heavy (non-hydrogen) atoms. The molecule has 0 radical (unpaired) electrons. The van der Waals surface area contributed by atoms with E-state index in [0.717, 1.165) is 0 Å². The number of thioether (sulfide) groups is 1. The minimum atomic E-state index is -0.544. The summed E-state index contributed by atoms with van der Waals surface area (Å²) in [5.74, 6) is -1.29. The van der Waals surface area contributed by atoms with Crippen molar-refractivity contribution in [3.05, 3.63) is 23.0 Å². The number of nitrogens with one attached hydrogen (secondary N) is 1. The van der Waals surface area contributed by atoms with Gasteiger partial charge in [0.15, 0.2) is 0 Å². The van der Waals surface area contributed by atoms with Crippen LogP contribution >= 0.6 is 11.8 Å². The fourth-order valence-electron chi connectivity index (χ4n) is 2.24. The second kappa shape index (κ2) is 8.05. The van der Waals surface area contributed by atoms with Crippen molar-refractivity contribution in [2.45, 2.75) is 32.2 Å². The normalized spacial score (nSPS) is 20.5. The van der Waals surface area contributed by atoms with Crippen LogP contribution in [0.15, 0.2) is 23.0 Å². The summed E-state index contributed by atoms with van der Waals surface area (Å²) in [6, 6.07) is -0.523. The summed E-state index contributed by atoms with van der Waals surface area (Å²) in [5.41, 5.74) is 1.47. The van der Waals surface area contributed by atoms with Crippen molar-refractivity contribution in [3.63, 3.8) is 0 Å². The Bertz CT molecular complexity index is 566. The third-order valence-electron chi connectivity index (χ3n) is 3.30. The van der Waals surface area contributed by atoms with Crippen molar-refractivity contribution in [1.82, 2.24) is 10.2 Å². The van der Waals surface area contributed by atoms with Crippen molar-refractivity contribution >= 4 is 29.6 Å². The number of esters is 2. The summed E-state index contributed by atoms with van der Waals surface area (Å²) in [6.45, 7) is 5.17. The highest BCUT2D eigenvalue weighted by atomic mass is 32.2. The van der Waals surface area contributed by atoms with Crippen LogP contribution in [-0.2, 0) is 23.9 Å². The quantitative estimate of drug-likeness (QED) is 0.438. The molecule has 0 aliphatic carbocycles. The smallest absolute Gasteiger partial charge is 0.354 e. The molecule has 1 saturated heterocycles. The lowest BCUT2D eigenvalue weighted by molar-refractivity contribution is -0.150. The van der Waals surface area contributed by atoms with Gasteiger partial charge in [0, 0.05) is 11.8 Å². The molecular formula is C15H22N2O5S. The third-order valence-corrected chi connectivity index (χ3v) is 4.26. The zero-order chi connectivity index (χ0) is 17.7. The first-order valence-corrected chi connectivity index (χ1v) is 8.21. The Morgan fingerprint density at radius 1 is 1.22 bits per heavy atom. The monoisotopic (exact) mass is 342 g/mol. The molecule has 0 bridgehead atoms. The number of hydrogen-bond donors (Lipinski definition) is 1. The number of nitrogens with zero attached hydrogens (tertiary/aromatic N) is 1. The van der Waals surface area contributed by atoms with Crippen LogP contribution in [0.3, 0.4) is 0 Å². The number of hydrogen-bond acceptors (Lipinski definition) is 7. The predicted molar refractivity (Wildman–Crippen MR) is 87.2 cm³/mol. The van der Waals surface area contributed by atoms with Crippen LogP contribution in [-0.4, -0.2) is 54.6 Å². The molecule has 8 heteroatoms. The zero-order valence-corrected chi connectivity index (χ0v) is 14.9. The van der Waals surface area contributed by atoms with Crippen LogP contribution < -0.4 is 5.32 Å². The van der Waals surface area contributed by atoms with E-state index in [1.807, 2.05) is 6.26 Å². The maximum absolute atomic E-state index is 12.5. The first kappa shape index (κ1) is 19.1. The van der Waals surface area contributed by atoms with E-state index in [-0.39, 0.29) is 17.0 Å². The van der Waals surface area contributed by atoms with Gasteiger partial charge in [0.25, 0.3) is 5.91 Å². The van der Waals surface area contributed by atoms with Crippen LogP contribution in [0.25, 0.3) is 0 Å². The molecular weight excluding hydrogens is 320 g/mol. The molecule has 128 valence electrons. The van der Waals surface area contributed by atoms with E-state index in [4.69, 9.17) is 4.74 Å². The minimum Gasteiger partial charge on any atom is -0.466 e. The Balaban J connectivity index is 2.97. The molecule has 1 N–H and O–H groups in total. The van der Waals surface area contributed by atoms with Gasteiger partial charge in [-0.25, -0.2) is 9.59 Å². The van der Waals surface area contributed by atoms with Gasteiger partial charge < -0.3 is 14.8 Å². The first-order chi connectivity index (χ1) is 10.8. The number of allylic oxidation sites excluding steroid dienone is 2. The van der Waals surface area contributed by atoms with E-state index < -0.39 is 18.0 Å². The zero-order valence-electron chi connectivity index (χ0n) is 14.1. The van der Waals surface area contributed by atoms with E-state index in [1.165, 1.54) is 37.0 Å². The van der Waals surface area contributed by atoms with E-state index in [2.05, 4.69) is 10.1 Å². The molecule has 1 aliphatic rings. The van der Waals surface area contributed by atoms with Gasteiger partial charge in [0.05, 0.1) is 14.2 Å². The largest absolute Gasteiger partial charge is 0.466 e. The fraction of sp³-hybridized carbons (Fsp3) is 0.533. The van der Waals surface area contributed by atoms with Gasteiger partial charge in [0.1, 0.15) is 17.1 Å². The van der Waals surface area contributed by atoms with Gasteiger partial charge in [0.2, 0.25) is 0 Å². The van der Waals surface area contributed by atoms with Crippen LogP contribution in [0.4, 0.5) is 0 Å². The average molecular weight is 342 g/mol. The Morgan fingerprint density at radius 3 is 2.26 bits per heavy atom. The Morgan fingerprint density at radius 2 is 1.83 bits per heavy atom. The highest BCUT2D eigenvalue weighted by Gasteiger charge is 2.50. The van der Waals surface area contributed by atoms with Crippen molar-refractivity contribution in [2.24, 2.45) is 0 Å². The minimum absolute atomic E-state index is 0.247. The molecule has 1 heterocycles. The Labute approximate surface area is 140 Å². The van der Waals surface area contributed by atoms with Gasteiger partial charge in [-0.3, -0.25) is 9.69 Å². The van der Waals surface area contributed by atoms with E-state index >= 15 is 0 Å². The Kier molecular flexibility index (Phi) is 6.68. The molecule has 1 amide bonds. The number of rotatable bonds is 6. The van der Waals surface area contributed by atoms with Crippen molar-refractivity contribution < 1.29 is 23.9 Å². The highest BCUT2D eigenvalue weighted by molar-refractivity contribution is 7.99. The fourth-order valence-corrected chi connectivity index (χ4v) is 3.12. The molecule has 2 unspecified atom stereocenters. The number of amides is 1. The molecule has 0 aromatic heterocycles. The van der Waals surface area contributed by atoms with Gasteiger partial charge in [-0.1, -0.05) is 0 Å². The summed E-state index contributed by atoms with van der Waals surface area (Å²) >= 11 is 1.43. The molecule has 2 atom stereocenters. The second-order valence-electron chi connectivity index (χ2n) is 5.15. The van der Waals surface area contributed by atoms with Gasteiger partial charge in [-0.15, -0.1) is 11.8 Å². The van der Waals surface area contributed by atoms with Crippen LogP contribution in [0.1, 0.15) is 20.8 Å². The maximum atomic E-state index is 12.5. The summed E-state index contributed by atoms with van der Waals surface area (Å²) in [4.78, 5) is 37.0. The third kappa shape index (κ3) is 4.07. The number of carbonyl (C=O) groups is 3. The van der Waals surface area contributed by atoms with E-state index in [9.17, 15) is 14.4 Å². The van der Waals surface area contributed by atoms with Crippen LogP contribution in [0.2, 0.25) is 0 Å². The second-order valence-corrected chi connectivity index (χ2v) is 6.10. The molecule has 0 saturated carbocycles. The predicted octanol–water partition coefficient (Wildman–Crippen LogP) is 1.02. The van der Waals surface area contributed by atoms with Crippen LogP contribution in [0, 0.1) is 0 Å². The van der Waals surface area contributed by atoms with Gasteiger partial charge in [-0.2, -0.15) is 0 Å². The highest BCUT2D eigenvalue weighted by Crippen LogP contribution is 2.34. The summed E-state index contributed by atoms with van der Waals surface area (Å²) in [7, 11) is 2.56. The van der Waals surface area contributed by atoms with Crippen molar-refractivity contribution in [1.29, 1.82) is 0 Å². The maximum Gasteiger partial charge on any atom is 0.354 e. The van der Waals surface area contributed by atoms with Gasteiger partial charge >= 0.3 is 11.9 Å². The standard InChI is InChI=1S/C15H22N2O5S/c1-8(2)12(15(20)22-5)17-13(19)11(14(17)23-6)16-9(3)7-10(18)21-4/h7,11,14,16H,1-6H3. The van der Waals surface area contributed by atoms with Gasteiger partial charge in [-0.05, 0) is 32.6 Å². The number of β-lactam (4-membered cyclic amide) rings is 1. The average Bonchev–Trinajstić information content (AvgIpc) is 2.51. The summed E-state index contributed by atoms with van der Waals surface area (Å²) < 4.78 is 9.31. The van der Waals surface area contributed by atoms with Crippen molar-refractivity contribution in [2.75, 3.05) is 20.5 Å². The molecule has 1 rings (SSSR count). The number of likely N-dealkylation sites (tertiary alicyclic amines) is 1. The molecule has 1 fully saturated rings. The lowest BCUT2D eigenvalue weighted by Gasteiger charge is -2.47. The SMILES string of the molecule is COC(=O)C=C(C)NC1C(=O)N(C(C(=O)OC)=C(C)C)C1SC. The van der Waals surface area contributed by atoms with E-state index in [1.54, 1.807) is 20.8 Å². The molecule has 0 aromatic carbocycles. The summed E-state index contributed by atoms with van der Waals surface area (Å²) in [6.07, 6.45) is 3.12. The van der Waals surface area contributed by atoms with Crippen molar-refractivity contribution in [3.8, 4) is 0 Å². The number of ether oxygens (including phenoxy) is 2. The van der Waals surface area contributed by atoms with Crippen LogP contribution in [0.5, 0.6) is 0 Å². The topological polar surface area (TPSA) is 84.9 Å². The first-order valence-electron chi connectivity index (χ1n) is 6.92. The molecule has 0 spiro atoms.